The van der Waals surface area contributed by atoms with Crippen LogP contribution < -0.4 is 11.1 Å². The Morgan fingerprint density at radius 2 is 1.63 bits per heavy atom. The molecule has 0 spiro atoms. The fraction of sp³-hybridized carbons (Fsp3) is 0.160. The summed E-state index contributed by atoms with van der Waals surface area (Å²) < 4.78 is 0. The number of hydrogen-bond donors (Lipinski definition) is 2. The first-order valence-corrected chi connectivity index (χ1v) is 10.2. The van der Waals surface area contributed by atoms with Crippen molar-refractivity contribution in [1.29, 1.82) is 0 Å². The van der Waals surface area contributed by atoms with Gasteiger partial charge in [-0.25, -0.2) is 4.98 Å². The molecule has 0 radical (unpaired) electrons. The van der Waals surface area contributed by atoms with Crippen molar-refractivity contribution >= 4 is 5.82 Å². The number of hydrogen-bond acceptors (Lipinski definition) is 5. The Morgan fingerprint density at radius 3 is 2.33 bits per heavy atom. The lowest BCUT2D eigenvalue weighted by atomic mass is 10.0. The van der Waals surface area contributed by atoms with Gasteiger partial charge in [-0.2, -0.15) is 0 Å². The van der Waals surface area contributed by atoms with E-state index in [0.717, 1.165) is 45.0 Å². The molecule has 1 saturated carbocycles. The van der Waals surface area contributed by atoms with E-state index in [1.54, 1.807) is 6.20 Å². The molecule has 3 N–H and O–H groups in total. The molecule has 4 aromatic rings. The van der Waals surface area contributed by atoms with Gasteiger partial charge in [0.25, 0.3) is 0 Å². The van der Waals surface area contributed by atoms with E-state index in [9.17, 15) is 0 Å². The van der Waals surface area contributed by atoms with Gasteiger partial charge in [-0.15, -0.1) is 0 Å². The van der Waals surface area contributed by atoms with E-state index in [4.69, 9.17) is 10.7 Å². The maximum Gasteiger partial charge on any atom is 0.127 e. The first kappa shape index (κ1) is 18.5. The largest absolute Gasteiger partial charge is 0.367 e. The smallest absolute Gasteiger partial charge is 0.127 e. The molecule has 0 saturated heterocycles. The van der Waals surface area contributed by atoms with Gasteiger partial charge in [0, 0.05) is 42.3 Å². The van der Waals surface area contributed by atoms with Crippen molar-refractivity contribution in [3.8, 4) is 33.6 Å². The average molecular weight is 393 g/mol. The Hall–Kier alpha value is -3.57. The highest BCUT2D eigenvalue weighted by Gasteiger charge is 2.22. The molecule has 1 fully saturated rings. The van der Waals surface area contributed by atoms with Crippen LogP contribution in [0.15, 0.2) is 79.3 Å². The molecular weight excluding hydrogens is 370 g/mol. The topological polar surface area (TPSA) is 76.7 Å². The molecule has 0 unspecified atom stereocenters. The van der Waals surface area contributed by atoms with Gasteiger partial charge < -0.3 is 11.1 Å². The third-order valence-electron chi connectivity index (χ3n) is 5.28. The van der Waals surface area contributed by atoms with Crippen molar-refractivity contribution in [3.63, 3.8) is 0 Å². The lowest BCUT2D eigenvalue weighted by Crippen LogP contribution is -2.04. The summed E-state index contributed by atoms with van der Waals surface area (Å²) in [6.07, 6.45) is 7.98. The van der Waals surface area contributed by atoms with Crippen LogP contribution in [0.2, 0.25) is 0 Å². The molecule has 30 heavy (non-hydrogen) atoms. The molecule has 1 aliphatic rings. The molecule has 5 nitrogen and oxygen atoms in total. The highest BCUT2D eigenvalue weighted by Crippen LogP contribution is 2.31. The van der Waals surface area contributed by atoms with Gasteiger partial charge in [0.2, 0.25) is 0 Å². The van der Waals surface area contributed by atoms with Gasteiger partial charge in [0.15, 0.2) is 0 Å². The second kappa shape index (κ2) is 8.05. The van der Waals surface area contributed by atoms with E-state index in [1.807, 2.05) is 30.6 Å². The van der Waals surface area contributed by atoms with Gasteiger partial charge >= 0.3 is 0 Å². The first-order chi connectivity index (χ1) is 14.8. The zero-order chi connectivity index (χ0) is 20.3. The van der Waals surface area contributed by atoms with E-state index in [0.29, 0.717) is 12.6 Å². The summed E-state index contributed by atoms with van der Waals surface area (Å²) in [7, 11) is 0. The van der Waals surface area contributed by atoms with Crippen LogP contribution in [0.3, 0.4) is 0 Å². The molecule has 0 aliphatic heterocycles. The van der Waals surface area contributed by atoms with Crippen LogP contribution in [0, 0.1) is 0 Å². The first-order valence-electron chi connectivity index (χ1n) is 10.2. The number of nitrogens with zero attached hydrogens (tertiary/aromatic N) is 3. The van der Waals surface area contributed by atoms with Crippen LogP contribution in [0.5, 0.6) is 0 Å². The molecule has 5 rings (SSSR count). The summed E-state index contributed by atoms with van der Waals surface area (Å²) in [5.41, 5.74) is 12.9. The number of benzene rings is 1. The molecule has 1 aromatic carbocycles. The molecule has 0 bridgehead atoms. The van der Waals surface area contributed by atoms with Gasteiger partial charge in [0.1, 0.15) is 5.82 Å². The van der Waals surface area contributed by atoms with Crippen LogP contribution in [0.4, 0.5) is 5.82 Å². The number of rotatable bonds is 6. The molecule has 148 valence electrons. The SMILES string of the molecule is NCc1ccc(-c2cncc(-c3cc(NC4CC4)nc(-c4ccccn4)c3)c2)cc1. The van der Waals surface area contributed by atoms with Crippen molar-refractivity contribution in [2.24, 2.45) is 5.73 Å². The maximum absolute atomic E-state index is 5.72. The molecule has 0 amide bonds. The number of aromatic nitrogens is 3. The maximum atomic E-state index is 5.72. The molecule has 3 aromatic heterocycles. The lowest BCUT2D eigenvalue weighted by Gasteiger charge is -2.11. The third kappa shape index (κ3) is 4.07. The number of nitrogens with two attached hydrogens (primary N) is 1. The second-order valence-corrected chi connectivity index (χ2v) is 7.62. The Morgan fingerprint density at radius 1 is 0.833 bits per heavy atom. The fourth-order valence-corrected chi connectivity index (χ4v) is 3.44. The van der Waals surface area contributed by atoms with Crippen molar-refractivity contribution in [1.82, 2.24) is 15.0 Å². The summed E-state index contributed by atoms with van der Waals surface area (Å²) in [4.78, 5) is 13.8. The Bertz CT molecular complexity index is 1150. The van der Waals surface area contributed by atoms with Crippen LogP contribution in [-0.2, 0) is 6.54 Å². The zero-order valence-corrected chi connectivity index (χ0v) is 16.6. The quantitative estimate of drug-likeness (QED) is 0.487. The highest BCUT2D eigenvalue weighted by atomic mass is 15.0. The van der Waals surface area contributed by atoms with E-state index >= 15 is 0 Å². The Kier molecular flexibility index (Phi) is 4.95. The monoisotopic (exact) mass is 393 g/mol. The number of pyridine rings is 3. The van der Waals surface area contributed by atoms with Crippen molar-refractivity contribution in [2.75, 3.05) is 5.32 Å². The van der Waals surface area contributed by atoms with Crippen molar-refractivity contribution in [2.45, 2.75) is 25.4 Å². The average Bonchev–Trinajstić information content (AvgIpc) is 3.63. The Labute approximate surface area is 176 Å². The minimum atomic E-state index is 0.523. The van der Waals surface area contributed by atoms with Crippen LogP contribution >= 0.6 is 0 Å². The van der Waals surface area contributed by atoms with E-state index < -0.39 is 0 Å². The predicted molar refractivity (Wildman–Crippen MR) is 121 cm³/mol. The number of nitrogens with one attached hydrogen (secondary N) is 1. The summed E-state index contributed by atoms with van der Waals surface area (Å²) in [6.45, 7) is 0.544. The summed E-state index contributed by atoms with van der Waals surface area (Å²) in [5.74, 6) is 0.883. The standard InChI is InChI=1S/C25H23N5/c26-14-17-4-6-18(7-5-17)20-11-21(16-27-15-20)19-12-24(23-3-1-2-10-28-23)30-25(13-19)29-22-8-9-22/h1-7,10-13,15-16,22H,8-9,14,26H2,(H,29,30). The summed E-state index contributed by atoms with van der Waals surface area (Å²) >= 11 is 0. The van der Waals surface area contributed by atoms with Gasteiger partial charge in [-0.05, 0) is 59.9 Å². The third-order valence-corrected chi connectivity index (χ3v) is 5.28. The Balaban J connectivity index is 1.55. The molecule has 5 heteroatoms. The van der Waals surface area contributed by atoms with Crippen LogP contribution in [0.1, 0.15) is 18.4 Å². The molecular formula is C25H23N5. The van der Waals surface area contributed by atoms with Gasteiger partial charge in [0.05, 0.1) is 11.4 Å². The molecule has 3 heterocycles. The second-order valence-electron chi connectivity index (χ2n) is 7.62. The minimum Gasteiger partial charge on any atom is -0.367 e. The van der Waals surface area contributed by atoms with Crippen molar-refractivity contribution < 1.29 is 0 Å². The van der Waals surface area contributed by atoms with E-state index in [-0.39, 0.29) is 0 Å². The summed E-state index contributed by atoms with van der Waals surface area (Å²) in [6, 6.07) is 21.1. The van der Waals surface area contributed by atoms with Crippen LogP contribution in [0.25, 0.3) is 33.6 Å². The van der Waals surface area contributed by atoms with Crippen LogP contribution in [-0.4, -0.2) is 21.0 Å². The fourth-order valence-electron chi connectivity index (χ4n) is 3.44. The minimum absolute atomic E-state index is 0.523. The number of anilines is 1. The molecule has 1 aliphatic carbocycles. The predicted octanol–water partition coefficient (Wildman–Crippen LogP) is 4.91. The van der Waals surface area contributed by atoms with E-state index in [2.05, 4.69) is 57.7 Å². The van der Waals surface area contributed by atoms with Gasteiger partial charge in [-0.3, -0.25) is 9.97 Å². The lowest BCUT2D eigenvalue weighted by molar-refractivity contribution is 1.07. The highest BCUT2D eigenvalue weighted by molar-refractivity contribution is 5.76. The van der Waals surface area contributed by atoms with E-state index in [1.165, 1.54) is 12.8 Å². The molecule has 0 atom stereocenters. The van der Waals surface area contributed by atoms with Crippen molar-refractivity contribution in [3.05, 3.63) is 84.8 Å². The normalized spacial score (nSPS) is 13.2. The summed E-state index contributed by atoms with van der Waals surface area (Å²) in [5, 5.41) is 3.52. The van der Waals surface area contributed by atoms with Gasteiger partial charge in [-0.1, -0.05) is 30.3 Å². The zero-order valence-electron chi connectivity index (χ0n) is 16.6.